The average molecular weight is 545 g/mol. The van der Waals surface area contributed by atoms with E-state index >= 15 is 0 Å². The van der Waals surface area contributed by atoms with Gasteiger partial charge in [0.1, 0.15) is 11.2 Å². The van der Waals surface area contributed by atoms with E-state index in [1.54, 1.807) is 17.7 Å². The lowest BCUT2D eigenvalue weighted by Crippen LogP contribution is -2.00. The van der Waals surface area contributed by atoms with Gasteiger partial charge in [0, 0.05) is 37.5 Å². The van der Waals surface area contributed by atoms with Gasteiger partial charge >= 0.3 is 0 Å². The lowest BCUT2D eigenvalue weighted by Gasteiger charge is -2.10. The fraction of sp³-hybridized carbons (Fsp3) is 0. The number of fused-ring (bicyclic) bond motifs is 4. The van der Waals surface area contributed by atoms with Crippen molar-refractivity contribution in [3.63, 3.8) is 0 Å². The molecule has 192 valence electrons. The first-order valence-electron chi connectivity index (χ1n) is 13.2. The number of thiophene rings is 1. The van der Waals surface area contributed by atoms with Crippen LogP contribution in [0, 0.1) is 0 Å². The summed E-state index contributed by atoms with van der Waals surface area (Å²) in [5, 5.41) is 3.31. The Kier molecular flexibility index (Phi) is 5.53. The third-order valence-corrected chi connectivity index (χ3v) is 8.16. The second-order valence-electron chi connectivity index (χ2n) is 9.64. The zero-order chi connectivity index (χ0) is 27.2. The normalized spacial score (nSPS) is 11.4. The van der Waals surface area contributed by atoms with E-state index in [0.717, 1.165) is 49.2 Å². The van der Waals surface area contributed by atoms with Gasteiger partial charge in [0.05, 0.1) is 16.9 Å². The number of nitrogens with zero attached hydrogens (tertiary/aromatic N) is 6. The van der Waals surface area contributed by atoms with Crippen LogP contribution in [0.25, 0.3) is 76.8 Å². The SMILES string of the molecule is c1ccc(-c2nc(-c3ccccc3)nc(-c3ccc4c(-c5ccc6c(n5)sc5ccccc56)ncnc4c3)n2)cc1. The van der Waals surface area contributed by atoms with Crippen molar-refractivity contribution >= 4 is 42.5 Å². The Bertz CT molecular complexity index is 2150. The van der Waals surface area contributed by atoms with Crippen LogP contribution in [-0.4, -0.2) is 29.9 Å². The maximum absolute atomic E-state index is 5.00. The Morgan fingerprint density at radius 2 is 1.10 bits per heavy atom. The molecule has 0 aliphatic heterocycles. The van der Waals surface area contributed by atoms with Crippen molar-refractivity contribution in [2.24, 2.45) is 0 Å². The summed E-state index contributed by atoms with van der Waals surface area (Å²) < 4.78 is 1.23. The molecule has 4 aromatic carbocycles. The highest BCUT2D eigenvalue weighted by atomic mass is 32.1. The molecule has 41 heavy (non-hydrogen) atoms. The van der Waals surface area contributed by atoms with Gasteiger partial charge in [0.25, 0.3) is 0 Å². The average Bonchev–Trinajstić information content (AvgIpc) is 3.43. The molecule has 0 amide bonds. The summed E-state index contributed by atoms with van der Waals surface area (Å²) in [6.45, 7) is 0. The molecule has 8 aromatic rings. The van der Waals surface area contributed by atoms with Gasteiger partial charge in [-0.3, -0.25) is 0 Å². The van der Waals surface area contributed by atoms with E-state index in [-0.39, 0.29) is 0 Å². The van der Waals surface area contributed by atoms with Gasteiger partial charge in [-0.15, -0.1) is 11.3 Å². The fourth-order valence-corrected chi connectivity index (χ4v) is 6.15. The van der Waals surface area contributed by atoms with Crippen molar-refractivity contribution in [1.82, 2.24) is 29.9 Å². The first-order chi connectivity index (χ1) is 20.3. The monoisotopic (exact) mass is 544 g/mol. The lowest BCUT2D eigenvalue weighted by molar-refractivity contribution is 1.07. The van der Waals surface area contributed by atoms with Crippen LogP contribution < -0.4 is 0 Å². The largest absolute Gasteiger partial charge is 0.236 e. The number of pyridine rings is 1. The third kappa shape index (κ3) is 4.20. The highest BCUT2D eigenvalue weighted by Crippen LogP contribution is 2.35. The Morgan fingerprint density at radius 1 is 0.463 bits per heavy atom. The molecule has 4 heterocycles. The van der Waals surface area contributed by atoms with Crippen molar-refractivity contribution < 1.29 is 0 Å². The minimum absolute atomic E-state index is 0.588. The van der Waals surface area contributed by atoms with E-state index in [9.17, 15) is 0 Å². The molecule has 0 N–H and O–H groups in total. The van der Waals surface area contributed by atoms with E-state index in [2.05, 4.69) is 40.3 Å². The summed E-state index contributed by atoms with van der Waals surface area (Å²) >= 11 is 1.70. The minimum atomic E-state index is 0.588. The standard InChI is InChI=1S/C34H20N6S/c1-3-9-21(10-4-1)31-38-32(22-11-5-2-6-12-22)40-33(39-31)23-15-16-26-28(19-23)35-20-36-30(26)27-18-17-25-24-13-7-8-14-29(24)41-34(25)37-27/h1-20H. The van der Waals surface area contributed by atoms with Crippen LogP contribution in [0.2, 0.25) is 0 Å². The summed E-state index contributed by atoms with van der Waals surface area (Å²) in [7, 11) is 0. The third-order valence-electron chi connectivity index (χ3n) is 7.08. The molecule has 0 atom stereocenters. The van der Waals surface area contributed by atoms with Crippen molar-refractivity contribution in [2.75, 3.05) is 0 Å². The van der Waals surface area contributed by atoms with Gasteiger partial charge in [-0.1, -0.05) is 84.9 Å². The van der Waals surface area contributed by atoms with E-state index in [1.807, 2.05) is 84.9 Å². The van der Waals surface area contributed by atoms with Crippen LogP contribution in [0.5, 0.6) is 0 Å². The van der Waals surface area contributed by atoms with E-state index in [1.165, 1.54) is 10.1 Å². The van der Waals surface area contributed by atoms with Gasteiger partial charge in [-0.25, -0.2) is 29.9 Å². The zero-order valence-electron chi connectivity index (χ0n) is 21.6. The summed E-state index contributed by atoms with van der Waals surface area (Å²) in [4.78, 5) is 29.8. The number of hydrogen-bond donors (Lipinski definition) is 0. The van der Waals surface area contributed by atoms with Crippen molar-refractivity contribution in [3.05, 3.63) is 122 Å². The zero-order valence-corrected chi connectivity index (χ0v) is 22.5. The number of benzene rings is 4. The molecule has 8 rings (SSSR count). The van der Waals surface area contributed by atoms with Crippen molar-refractivity contribution in [2.45, 2.75) is 0 Å². The second kappa shape index (κ2) is 9.66. The predicted octanol–water partition coefficient (Wildman–Crippen LogP) is 8.25. The van der Waals surface area contributed by atoms with E-state index in [4.69, 9.17) is 19.9 Å². The molecule has 0 bridgehead atoms. The molecule has 0 unspecified atom stereocenters. The Morgan fingerprint density at radius 3 is 1.83 bits per heavy atom. The molecule has 0 fully saturated rings. The highest BCUT2D eigenvalue weighted by molar-refractivity contribution is 7.25. The molecule has 0 aliphatic carbocycles. The van der Waals surface area contributed by atoms with Crippen LogP contribution in [0.15, 0.2) is 122 Å². The van der Waals surface area contributed by atoms with Gasteiger partial charge < -0.3 is 0 Å². The summed E-state index contributed by atoms with van der Waals surface area (Å²) in [5.74, 6) is 1.84. The summed E-state index contributed by atoms with van der Waals surface area (Å²) in [5.41, 5.74) is 5.14. The molecule has 6 nitrogen and oxygen atoms in total. The molecule has 4 aromatic heterocycles. The molecule has 0 saturated heterocycles. The maximum Gasteiger partial charge on any atom is 0.164 e. The summed E-state index contributed by atoms with van der Waals surface area (Å²) in [6, 6.07) is 38.6. The molecule has 0 radical (unpaired) electrons. The van der Waals surface area contributed by atoms with Crippen LogP contribution in [0.1, 0.15) is 0 Å². The molecular formula is C34H20N6S. The molecule has 7 heteroatoms. The topological polar surface area (TPSA) is 77.3 Å². The smallest absolute Gasteiger partial charge is 0.164 e. The van der Waals surface area contributed by atoms with E-state index < -0.39 is 0 Å². The first kappa shape index (κ1) is 23.5. The highest BCUT2D eigenvalue weighted by Gasteiger charge is 2.15. The van der Waals surface area contributed by atoms with E-state index in [0.29, 0.717) is 17.5 Å². The molecule has 0 spiro atoms. The van der Waals surface area contributed by atoms with Crippen LogP contribution in [0.4, 0.5) is 0 Å². The Labute approximate surface area is 239 Å². The number of aromatic nitrogens is 6. The molecule has 0 aliphatic rings. The number of hydrogen-bond acceptors (Lipinski definition) is 7. The van der Waals surface area contributed by atoms with Crippen LogP contribution >= 0.6 is 11.3 Å². The second-order valence-corrected chi connectivity index (χ2v) is 10.7. The lowest BCUT2D eigenvalue weighted by atomic mass is 10.1. The minimum Gasteiger partial charge on any atom is -0.236 e. The van der Waals surface area contributed by atoms with Crippen molar-refractivity contribution in [3.8, 4) is 45.6 Å². The van der Waals surface area contributed by atoms with Crippen LogP contribution in [-0.2, 0) is 0 Å². The van der Waals surface area contributed by atoms with Gasteiger partial charge in [-0.05, 0) is 30.3 Å². The van der Waals surface area contributed by atoms with Gasteiger partial charge in [0.2, 0.25) is 0 Å². The number of rotatable bonds is 4. The Balaban J connectivity index is 1.25. The van der Waals surface area contributed by atoms with Gasteiger partial charge in [0.15, 0.2) is 17.5 Å². The Hall–Kier alpha value is -5.40. The maximum atomic E-state index is 5.00. The van der Waals surface area contributed by atoms with Crippen LogP contribution in [0.3, 0.4) is 0 Å². The first-order valence-corrected chi connectivity index (χ1v) is 14.0. The fourth-order valence-electron chi connectivity index (χ4n) is 5.08. The molecule has 0 saturated carbocycles. The quantitative estimate of drug-likeness (QED) is 0.222. The van der Waals surface area contributed by atoms with Gasteiger partial charge in [-0.2, -0.15) is 0 Å². The van der Waals surface area contributed by atoms with Crippen molar-refractivity contribution in [1.29, 1.82) is 0 Å². The molecular weight excluding hydrogens is 524 g/mol. The predicted molar refractivity (Wildman–Crippen MR) is 165 cm³/mol. The summed E-state index contributed by atoms with van der Waals surface area (Å²) in [6.07, 6.45) is 1.59.